The van der Waals surface area contributed by atoms with E-state index in [1.807, 2.05) is 30.3 Å². The number of hydrogen-bond donors (Lipinski definition) is 2. The van der Waals surface area contributed by atoms with Crippen LogP contribution in [0.4, 0.5) is 11.6 Å². The Morgan fingerprint density at radius 3 is 2.75 bits per heavy atom. The van der Waals surface area contributed by atoms with E-state index >= 15 is 0 Å². The monoisotopic (exact) mass is 275 g/mol. The van der Waals surface area contributed by atoms with E-state index in [2.05, 4.69) is 10.5 Å². The number of aliphatic hydroxyl groups excluding tert-OH is 1. The molecule has 0 bridgehead atoms. The summed E-state index contributed by atoms with van der Waals surface area (Å²) in [6.07, 6.45) is 0. The van der Waals surface area contributed by atoms with Crippen LogP contribution in [0.15, 0.2) is 40.9 Å². The van der Waals surface area contributed by atoms with Crippen molar-refractivity contribution in [3.63, 3.8) is 0 Å². The maximum atomic E-state index is 12.0. The molecule has 0 atom stereocenters. The highest BCUT2D eigenvalue weighted by molar-refractivity contribution is 5.92. The summed E-state index contributed by atoms with van der Waals surface area (Å²) >= 11 is 0. The number of aryl methyl sites for hydroxylation is 1. The molecular formula is C14H17N3O3. The molecule has 106 valence electrons. The summed E-state index contributed by atoms with van der Waals surface area (Å²) in [6.45, 7) is 2.27. The second-order valence-electron chi connectivity index (χ2n) is 4.36. The maximum absolute atomic E-state index is 12.0. The summed E-state index contributed by atoms with van der Waals surface area (Å²) in [5.74, 6) is 0.1000. The van der Waals surface area contributed by atoms with Gasteiger partial charge < -0.3 is 14.5 Å². The number of anilines is 2. The van der Waals surface area contributed by atoms with Crippen LogP contribution in [0.25, 0.3) is 0 Å². The minimum absolute atomic E-state index is 0.0242. The van der Waals surface area contributed by atoms with Crippen LogP contribution in [0.3, 0.4) is 0 Å². The van der Waals surface area contributed by atoms with Gasteiger partial charge in [-0.1, -0.05) is 23.4 Å². The fourth-order valence-corrected chi connectivity index (χ4v) is 1.83. The standard InChI is InChI=1S/C14H17N3O3/c1-11-9-14(20-16-11)15-13(19)10-17(7-8-18)12-5-3-2-4-6-12/h2-6,9,18H,7-8,10H2,1H3,(H,15,19). The van der Waals surface area contributed by atoms with Gasteiger partial charge in [-0.3, -0.25) is 10.1 Å². The molecule has 0 aliphatic heterocycles. The van der Waals surface area contributed by atoms with E-state index in [0.717, 1.165) is 5.69 Å². The van der Waals surface area contributed by atoms with E-state index < -0.39 is 0 Å². The molecular weight excluding hydrogens is 258 g/mol. The van der Waals surface area contributed by atoms with Crippen molar-refractivity contribution in [1.29, 1.82) is 0 Å². The number of nitrogens with one attached hydrogen (secondary N) is 1. The lowest BCUT2D eigenvalue weighted by atomic mass is 10.3. The number of carbonyl (C=O) groups is 1. The Kier molecular flexibility index (Phi) is 4.73. The zero-order valence-corrected chi connectivity index (χ0v) is 11.2. The van der Waals surface area contributed by atoms with Crippen molar-refractivity contribution in [2.75, 3.05) is 29.9 Å². The second kappa shape index (κ2) is 6.72. The number of hydrogen-bond acceptors (Lipinski definition) is 5. The third-order valence-corrected chi connectivity index (χ3v) is 2.72. The Bertz CT molecular complexity index is 554. The van der Waals surface area contributed by atoms with Crippen LogP contribution < -0.4 is 10.2 Å². The SMILES string of the molecule is Cc1cc(NC(=O)CN(CCO)c2ccccc2)on1. The van der Waals surface area contributed by atoms with Gasteiger partial charge in [-0.15, -0.1) is 0 Å². The van der Waals surface area contributed by atoms with Gasteiger partial charge in [0.1, 0.15) is 0 Å². The summed E-state index contributed by atoms with van der Waals surface area (Å²) in [4.78, 5) is 13.7. The Morgan fingerprint density at radius 2 is 2.15 bits per heavy atom. The number of nitrogens with zero attached hydrogens (tertiary/aromatic N) is 2. The van der Waals surface area contributed by atoms with Crippen LogP contribution in [0.2, 0.25) is 0 Å². The van der Waals surface area contributed by atoms with Crippen molar-refractivity contribution in [3.05, 3.63) is 42.1 Å². The molecule has 0 saturated heterocycles. The summed E-state index contributed by atoms with van der Waals surface area (Å²) in [5, 5.41) is 15.4. The number of aliphatic hydroxyl groups is 1. The average Bonchev–Trinajstić information content (AvgIpc) is 2.84. The van der Waals surface area contributed by atoms with Gasteiger partial charge in [-0.25, -0.2) is 0 Å². The zero-order chi connectivity index (χ0) is 14.4. The maximum Gasteiger partial charge on any atom is 0.246 e. The van der Waals surface area contributed by atoms with Gasteiger partial charge >= 0.3 is 0 Å². The average molecular weight is 275 g/mol. The smallest absolute Gasteiger partial charge is 0.246 e. The molecule has 0 saturated carbocycles. The molecule has 0 fully saturated rings. The quantitative estimate of drug-likeness (QED) is 0.833. The fraction of sp³-hybridized carbons (Fsp3) is 0.286. The van der Waals surface area contributed by atoms with Crippen molar-refractivity contribution in [2.24, 2.45) is 0 Å². The summed E-state index contributed by atoms with van der Waals surface area (Å²) in [5.41, 5.74) is 1.58. The van der Waals surface area contributed by atoms with Crippen molar-refractivity contribution in [1.82, 2.24) is 5.16 Å². The number of aromatic nitrogens is 1. The van der Waals surface area contributed by atoms with Crippen molar-refractivity contribution in [3.8, 4) is 0 Å². The first-order chi connectivity index (χ1) is 9.69. The van der Waals surface area contributed by atoms with E-state index in [1.54, 1.807) is 17.9 Å². The highest BCUT2D eigenvalue weighted by Gasteiger charge is 2.12. The number of amides is 1. The van der Waals surface area contributed by atoms with Crippen molar-refractivity contribution in [2.45, 2.75) is 6.92 Å². The molecule has 2 rings (SSSR count). The number of benzene rings is 1. The van der Waals surface area contributed by atoms with Gasteiger partial charge in [0, 0.05) is 18.3 Å². The normalized spacial score (nSPS) is 10.3. The molecule has 6 heteroatoms. The molecule has 1 aromatic carbocycles. The molecule has 0 aliphatic rings. The van der Waals surface area contributed by atoms with Gasteiger partial charge in [0.05, 0.1) is 18.8 Å². The van der Waals surface area contributed by atoms with Crippen LogP contribution in [0.1, 0.15) is 5.69 Å². The third-order valence-electron chi connectivity index (χ3n) is 2.72. The Labute approximate surface area is 117 Å². The van der Waals surface area contributed by atoms with Gasteiger partial charge in [-0.05, 0) is 19.1 Å². The first-order valence-electron chi connectivity index (χ1n) is 6.33. The minimum atomic E-state index is -0.224. The lowest BCUT2D eigenvalue weighted by molar-refractivity contribution is -0.115. The lowest BCUT2D eigenvalue weighted by Gasteiger charge is -2.22. The van der Waals surface area contributed by atoms with Gasteiger partial charge in [0.25, 0.3) is 0 Å². The summed E-state index contributed by atoms with van der Waals surface area (Å²) in [7, 11) is 0. The molecule has 1 amide bonds. The molecule has 0 aliphatic carbocycles. The third kappa shape index (κ3) is 3.83. The zero-order valence-electron chi connectivity index (χ0n) is 11.2. The van der Waals surface area contributed by atoms with E-state index in [0.29, 0.717) is 18.1 Å². The van der Waals surface area contributed by atoms with Crippen LogP contribution in [0.5, 0.6) is 0 Å². The largest absolute Gasteiger partial charge is 0.395 e. The van der Waals surface area contributed by atoms with E-state index in [-0.39, 0.29) is 19.1 Å². The van der Waals surface area contributed by atoms with E-state index in [9.17, 15) is 4.79 Å². The van der Waals surface area contributed by atoms with Crippen LogP contribution in [0, 0.1) is 6.92 Å². The predicted octanol–water partition coefficient (Wildman–Crippen LogP) is 1.42. The molecule has 2 aromatic rings. The molecule has 1 heterocycles. The Balaban J connectivity index is 1.99. The highest BCUT2D eigenvalue weighted by atomic mass is 16.5. The fourth-order valence-electron chi connectivity index (χ4n) is 1.83. The first kappa shape index (κ1) is 14.1. The minimum Gasteiger partial charge on any atom is -0.395 e. The number of carbonyl (C=O) groups excluding carboxylic acids is 1. The van der Waals surface area contributed by atoms with Gasteiger partial charge in [0.2, 0.25) is 11.8 Å². The van der Waals surface area contributed by atoms with Gasteiger partial charge in [-0.2, -0.15) is 0 Å². The summed E-state index contributed by atoms with van der Waals surface area (Å²) < 4.78 is 4.93. The molecule has 0 radical (unpaired) electrons. The van der Waals surface area contributed by atoms with Gasteiger partial charge in [0.15, 0.2) is 0 Å². The van der Waals surface area contributed by atoms with E-state index in [1.165, 1.54) is 0 Å². The number of para-hydroxylation sites is 1. The molecule has 6 nitrogen and oxygen atoms in total. The topological polar surface area (TPSA) is 78.6 Å². The second-order valence-corrected chi connectivity index (χ2v) is 4.36. The Hall–Kier alpha value is -2.34. The molecule has 20 heavy (non-hydrogen) atoms. The van der Waals surface area contributed by atoms with Crippen LogP contribution in [-0.4, -0.2) is 35.9 Å². The lowest BCUT2D eigenvalue weighted by Crippen LogP contribution is -2.35. The first-order valence-corrected chi connectivity index (χ1v) is 6.33. The number of rotatable bonds is 6. The van der Waals surface area contributed by atoms with Crippen LogP contribution in [-0.2, 0) is 4.79 Å². The highest BCUT2D eigenvalue weighted by Crippen LogP contribution is 2.13. The molecule has 2 N–H and O–H groups in total. The Morgan fingerprint density at radius 1 is 1.40 bits per heavy atom. The summed E-state index contributed by atoms with van der Waals surface area (Å²) in [6, 6.07) is 11.1. The van der Waals surface area contributed by atoms with Crippen molar-refractivity contribution < 1.29 is 14.4 Å². The molecule has 1 aromatic heterocycles. The van der Waals surface area contributed by atoms with E-state index in [4.69, 9.17) is 9.63 Å². The molecule has 0 unspecified atom stereocenters. The molecule has 0 spiro atoms. The van der Waals surface area contributed by atoms with Crippen LogP contribution >= 0.6 is 0 Å². The predicted molar refractivity (Wildman–Crippen MR) is 75.6 cm³/mol. The van der Waals surface area contributed by atoms with Crippen molar-refractivity contribution >= 4 is 17.5 Å².